The minimum Gasteiger partial charge on any atom is -0.495 e. The molecule has 2 aromatic rings. The lowest BCUT2D eigenvalue weighted by Crippen LogP contribution is -2.25. The second kappa shape index (κ2) is 9.20. The van der Waals surface area contributed by atoms with Crippen LogP contribution in [0.2, 0.25) is 5.02 Å². The maximum atomic E-state index is 12.5. The van der Waals surface area contributed by atoms with Crippen molar-refractivity contribution in [2.75, 3.05) is 19.0 Å². The fourth-order valence-corrected chi connectivity index (χ4v) is 2.45. The molecule has 6 nitrogen and oxygen atoms in total. The predicted molar refractivity (Wildman–Crippen MR) is 102 cm³/mol. The van der Waals surface area contributed by atoms with E-state index in [4.69, 9.17) is 16.3 Å². The number of aryl methyl sites for hydroxylation is 1. The number of halogens is 1. The van der Waals surface area contributed by atoms with E-state index in [1.807, 2.05) is 13.8 Å². The number of amides is 2. The number of anilines is 1. The number of hydrogen-bond acceptors (Lipinski definition) is 4. The number of carbonyl (C=O) groups excluding carboxylic acids is 2. The molecule has 1 heterocycles. The fraction of sp³-hybridized carbons (Fsp3) is 0.316. The van der Waals surface area contributed by atoms with Gasteiger partial charge in [0.2, 0.25) is 0 Å². The van der Waals surface area contributed by atoms with E-state index >= 15 is 0 Å². The lowest BCUT2D eigenvalue weighted by atomic mass is 10.1. The van der Waals surface area contributed by atoms with Gasteiger partial charge in [0.1, 0.15) is 11.4 Å². The van der Waals surface area contributed by atoms with Crippen LogP contribution in [0.3, 0.4) is 0 Å². The first kappa shape index (κ1) is 19.7. The Balaban J connectivity index is 2.17. The van der Waals surface area contributed by atoms with Crippen LogP contribution in [0.15, 0.2) is 30.5 Å². The Morgan fingerprint density at radius 3 is 2.69 bits per heavy atom. The topological polar surface area (TPSA) is 80.3 Å². The number of nitrogens with zero attached hydrogens (tertiary/aromatic N) is 1. The molecule has 0 aliphatic carbocycles. The van der Waals surface area contributed by atoms with Crippen LogP contribution >= 0.6 is 11.6 Å². The van der Waals surface area contributed by atoms with Crippen molar-refractivity contribution >= 4 is 29.1 Å². The van der Waals surface area contributed by atoms with Gasteiger partial charge in [-0.05, 0) is 37.1 Å². The molecule has 0 bridgehead atoms. The summed E-state index contributed by atoms with van der Waals surface area (Å²) in [4.78, 5) is 28.7. The van der Waals surface area contributed by atoms with Crippen molar-refractivity contribution in [2.24, 2.45) is 0 Å². The van der Waals surface area contributed by atoms with Gasteiger partial charge in [0, 0.05) is 29.4 Å². The highest BCUT2D eigenvalue weighted by Crippen LogP contribution is 2.31. The summed E-state index contributed by atoms with van der Waals surface area (Å²) in [6.07, 6.45) is 3.33. The molecule has 0 atom stereocenters. The summed E-state index contributed by atoms with van der Waals surface area (Å²) in [7, 11) is 1.50. The van der Waals surface area contributed by atoms with Crippen LogP contribution in [0.1, 0.15) is 46.2 Å². The van der Waals surface area contributed by atoms with Gasteiger partial charge >= 0.3 is 0 Å². The molecule has 0 spiro atoms. The summed E-state index contributed by atoms with van der Waals surface area (Å²) in [5.41, 5.74) is 1.82. The molecular weight excluding hydrogens is 354 g/mol. The second-order valence-corrected chi connectivity index (χ2v) is 6.20. The minimum atomic E-state index is -0.437. The van der Waals surface area contributed by atoms with Crippen LogP contribution in [-0.4, -0.2) is 30.5 Å². The molecule has 0 saturated heterocycles. The number of nitrogens with one attached hydrogen (secondary N) is 2. The molecule has 1 aromatic heterocycles. The van der Waals surface area contributed by atoms with E-state index in [1.54, 1.807) is 18.2 Å². The molecule has 138 valence electrons. The Kier molecular flexibility index (Phi) is 6.97. The lowest BCUT2D eigenvalue weighted by Gasteiger charge is -2.12. The minimum absolute atomic E-state index is 0.141. The zero-order valence-electron chi connectivity index (χ0n) is 15.1. The third-order valence-corrected chi connectivity index (χ3v) is 4.21. The van der Waals surface area contributed by atoms with Crippen molar-refractivity contribution in [3.05, 3.63) is 52.3 Å². The second-order valence-electron chi connectivity index (χ2n) is 5.80. The highest BCUT2D eigenvalue weighted by atomic mass is 35.5. The predicted octanol–water partition coefficient (Wildman–Crippen LogP) is 3.83. The summed E-state index contributed by atoms with van der Waals surface area (Å²) >= 11 is 6.08. The van der Waals surface area contributed by atoms with E-state index in [1.165, 1.54) is 19.4 Å². The number of unbranched alkanes of at least 4 members (excludes halogenated alkanes) is 1. The SMILES string of the molecule is CCCCNC(=O)c1ccnc(C(=O)Nc2cc(C)c(Cl)cc2OC)c1. The average Bonchev–Trinajstić information content (AvgIpc) is 2.64. The number of rotatable bonds is 7. The number of pyridine rings is 1. The highest BCUT2D eigenvalue weighted by molar-refractivity contribution is 6.31. The van der Waals surface area contributed by atoms with Gasteiger partial charge in [-0.25, -0.2) is 0 Å². The first-order valence-corrected chi connectivity index (χ1v) is 8.73. The van der Waals surface area contributed by atoms with Crippen molar-refractivity contribution in [2.45, 2.75) is 26.7 Å². The number of aromatic nitrogens is 1. The Bertz CT molecular complexity index is 809. The largest absolute Gasteiger partial charge is 0.495 e. The Morgan fingerprint density at radius 2 is 2.00 bits per heavy atom. The van der Waals surface area contributed by atoms with Crippen LogP contribution in [0.4, 0.5) is 5.69 Å². The van der Waals surface area contributed by atoms with Crippen molar-refractivity contribution in [1.82, 2.24) is 10.3 Å². The Hall–Kier alpha value is -2.60. The molecule has 0 unspecified atom stereocenters. The first-order valence-electron chi connectivity index (χ1n) is 8.36. The monoisotopic (exact) mass is 375 g/mol. The summed E-state index contributed by atoms with van der Waals surface area (Å²) in [6, 6.07) is 6.40. The molecule has 0 saturated carbocycles. The van der Waals surface area contributed by atoms with Gasteiger partial charge in [-0.2, -0.15) is 0 Å². The highest BCUT2D eigenvalue weighted by Gasteiger charge is 2.15. The van der Waals surface area contributed by atoms with Gasteiger partial charge in [0.05, 0.1) is 12.8 Å². The van der Waals surface area contributed by atoms with Crippen molar-refractivity contribution in [3.63, 3.8) is 0 Å². The van der Waals surface area contributed by atoms with Gasteiger partial charge in [-0.15, -0.1) is 0 Å². The van der Waals surface area contributed by atoms with Crippen LogP contribution < -0.4 is 15.4 Å². The summed E-state index contributed by atoms with van der Waals surface area (Å²) < 4.78 is 5.25. The first-order chi connectivity index (χ1) is 12.5. The van der Waals surface area contributed by atoms with Gasteiger partial charge in [0.15, 0.2) is 0 Å². The van der Waals surface area contributed by atoms with Gasteiger partial charge in [0.25, 0.3) is 11.8 Å². The molecule has 26 heavy (non-hydrogen) atoms. The van der Waals surface area contributed by atoms with E-state index in [2.05, 4.69) is 15.6 Å². The van der Waals surface area contributed by atoms with Crippen LogP contribution in [0.25, 0.3) is 0 Å². The van der Waals surface area contributed by atoms with Crippen molar-refractivity contribution in [3.8, 4) is 5.75 Å². The molecule has 0 fully saturated rings. The number of hydrogen-bond donors (Lipinski definition) is 2. The zero-order chi connectivity index (χ0) is 19.1. The molecule has 1 aromatic carbocycles. The van der Waals surface area contributed by atoms with Crippen LogP contribution in [0, 0.1) is 6.92 Å². The van der Waals surface area contributed by atoms with Gasteiger partial charge < -0.3 is 15.4 Å². The van der Waals surface area contributed by atoms with Gasteiger partial charge in [-0.3, -0.25) is 14.6 Å². The molecule has 2 rings (SSSR count). The lowest BCUT2D eigenvalue weighted by molar-refractivity contribution is 0.0953. The average molecular weight is 376 g/mol. The third kappa shape index (κ3) is 4.95. The smallest absolute Gasteiger partial charge is 0.274 e. The Morgan fingerprint density at radius 1 is 1.23 bits per heavy atom. The van der Waals surface area contributed by atoms with Crippen LogP contribution in [-0.2, 0) is 0 Å². The molecule has 0 radical (unpaired) electrons. The molecular formula is C19H22ClN3O3. The molecule has 2 N–H and O–H groups in total. The van der Waals surface area contributed by atoms with Crippen molar-refractivity contribution < 1.29 is 14.3 Å². The van der Waals surface area contributed by atoms with Gasteiger partial charge in [-0.1, -0.05) is 24.9 Å². The quantitative estimate of drug-likeness (QED) is 0.720. The summed E-state index contributed by atoms with van der Waals surface area (Å²) in [5.74, 6) is -0.217. The third-order valence-electron chi connectivity index (χ3n) is 3.80. The molecule has 0 aliphatic rings. The van der Waals surface area contributed by atoms with E-state index < -0.39 is 5.91 Å². The van der Waals surface area contributed by atoms with Crippen LogP contribution in [0.5, 0.6) is 5.75 Å². The number of ether oxygens (including phenoxy) is 1. The summed E-state index contributed by atoms with van der Waals surface area (Å²) in [6.45, 7) is 4.48. The molecule has 2 amide bonds. The Labute approximate surface area is 157 Å². The van der Waals surface area contributed by atoms with E-state index in [9.17, 15) is 9.59 Å². The number of methoxy groups -OCH3 is 1. The van der Waals surface area contributed by atoms with E-state index in [0.717, 1.165) is 18.4 Å². The maximum Gasteiger partial charge on any atom is 0.274 e. The standard InChI is InChI=1S/C19H22ClN3O3/c1-4-5-7-22-18(24)13-6-8-21-16(10-13)19(25)23-15-9-12(2)14(20)11-17(15)26-3/h6,8-11H,4-5,7H2,1-3H3,(H,22,24)(H,23,25). The summed E-state index contributed by atoms with van der Waals surface area (Å²) in [5, 5.41) is 6.11. The van der Waals surface area contributed by atoms with Crippen molar-refractivity contribution in [1.29, 1.82) is 0 Å². The zero-order valence-corrected chi connectivity index (χ0v) is 15.8. The number of benzene rings is 1. The van der Waals surface area contributed by atoms with E-state index in [0.29, 0.717) is 28.6 Å². The van der Waals surface area contributed by atoms with E-state index in [-0.39, 0.29) is 11.6 Å². The molecule has 0 aliphatic heterocycles. The maximum absolute atomic E-state index is 12.5. The number of carbonyl (C=O) groups is 2. The fourth-order valence-electron chi connectivity index (χ4n) is 2.29. The normalized spacial score (nSPS) is 10.3. The molecule has 7 heteroatoms.